The first kappa shape index (κ1) is 15.2. The SMILES string of the molecule is CCC(CC)N(CCCl)CC1CN(C)CCO1. The quantitative estimate of drug-likeness (QED) is 0.653. The van der Waals surface area contributed by atoms with E-state index >= 15 is 0 Å². The van der Waals surface area contributed by atoms with Gasteiger partial charge >= 0.3 is 0 Å². The van der Waals surface area contributed by atoms with E-state index in [2.05, 4.69) is 30.7 Å². The highest BCUT2D eigenvalue weighted by Crippen LogP contribution is 2.12. The second-order valence-corrected chi connectivity index (χ2v) is 5.29. The molecule has 1 aliphatic rings. The number of hydrogen-bond acceptors (Lipinski definition) is 3. The van der Waals surface area contributed by atoms with Crippen LogP contribution in [-0.4, -0.2) is 67.7 Å². The van der Waals surface area contributed by atoms with Crippen molar-refractivity contribution in [3.05, 3.63) is 0 Å². The number of ether oxygens (including phenoxy) is 1. The molecular weight excluding hydrogens is 236 g/mol. The monoisotopic (exact) mass is 262 g/mol. The molecule has 1 aliphatic heterocycles. The molecule has 3 nitrogen and oxygen atoms in total. The molecule has 1 unspecified atom stereocenters. The Kier molecular flexibility index (Phi) is 7.44. The summed E-state index contributed by atoms with van der Waals surface area (Å²) in [6.07, 6.45) is 2.73. The Bertz CT molecular complexity index is 200. The highest BCUT2D eigenvalue weighted by molar-refractivity contribution is 6.18. The van der Waals surface area contributed by atoms with Gasteiger partial charge in [-0.2, -0.15) is 0 Å². The van der Waals surface area contributed by atoms with Crippen LogP contribution in [0.5, 0.6) is 0 Å². The zero-order valence-electron chi connectivity index (χ0n) is 11.5. The number of rotatable bonds is 7. The first-order chi connectivity index (χ1) is 8.21. The summed E-state index contributed by atoms with van der Waals surface area (Å²) in [5.41, 5.74) is 0. The van der Waals surface area contributed by atoms with Gasteiger partial charge in [0.2, 0.25) is 0 Å². The summed E-state index contributed by atoms with van der Waals surface area (Å²) >= 11 is 5.91. The van der Waals surface area contributed by atoms with Crippen molar-refractivity contribution in [2.45, 2.75) is 38.8 Å². The lowest BCUT2D eigenvalue weighted by molar-refractivity contribution is -0.0409. The molecule has 1 saturated heterocycles. The zero-order valence-corrected chi connectivity index (χ0v) is 12.2. The van der Waals surface area contributed by atoms with Gasteiger partial charge in [0.1, 0.15) is 0 Å². The summed E-state index contributed by atoms with van der Waals surface area (Å²) < 4.78 is 5.84. The molecule has 0 N–H and O–H groups in total. The summed E-state index contributed by atoms with van der Waals surface area (Å²) in [6, 6.07) is 0.643. The average molecular weight is 263 g/mol. The Morgan fingerprint density at radius 2 is 2.12 bits per heavy atom. The van der Waals surface area contributed by atoms with Crippen LogP contribution in [-0.2, 0) is 4.74 Å². The number of nitrogens with zero attached hydrogens (tertiary/aromatic N) is 2. The Morgan fingerprint density at radius 3 is 2.65 bits per heavy atom. The molecule has 0 saturated carbocycles. The molecule has 0 bridgehead atoms. The van der Waals surface area contributed by atoms with Gasteiger partial charge in [-0.3, -0.25) is 4.90 Å². The highest BCUT2D eigenvalue weighted by Gasteiger charge is 2.23. The smallest absolute Gasteiger partial charge is 0.0829 e. The van der Waals surface area contributed by atoms with Crippen LogP contribution in [0.3, 0.4) is 0 Å². The van der Waals surface area contributed by atoms with Gasteiger partial charge in [-0.15, -0.1) is 11.6 Å². The number of morpholine rings is 1. The van der Waals surface area contributed by atoms with Crippen LogP contribution in [0.25, 0.3) is 0 Å². The second kappa shape index (κ2) is 8.30. The number of likely N-dealkylation sites (N-methyl/N-ethyl adjacent to an activating group) is 1. The molecule has 0 radical (unpaired) electrons. The first-order valence-electron chi connectivity index (χ1n) is 6.81. The van der Waals surface area contributed by atoms with Gasteiger partial charge in [-0.05, 0) is 19.9 Å². The summed E-state index contributed by atoms with van der Waals surface area (Å²) in [4.78, 5) is 4.84. The number of hydrogen-bond donors (Lipinski definition) is 0. The van der Waals surface area contributed by atoms with Gasteiger partial charge in [-0.25, -0.2) is 0 Å². The van der Waals surface area contributed by atoms with Crippen molar-refractivity contribution in [2.24, 2.45) is 0 Å². The van der Waals surface area contributed by atoms with Crippen LogP contribution in [0, 0.1) is 0 Å². The summed E-state index contributed by atoms with van der Waals surface area (Å²) in [5, 5.41) is 0. The lowest BCUT2D eigenvalue weighted by Crippen LogP contribution is -2.48. The van der Waals surface area contributed by atoms with Gasteiger partial charge in [0.15, 0.2) is 0 Å². The van der Waals surface area contributed by atoms with Crippen LogP contribution in [0.15, 0.2) is 0 Å². The maximum Gasteiger partial charge on any atom is 0.0829 e. The van der Waals surface area contributed by atoms with Gasteiger partial charge < -0.3 is 9.64 Å². The fraction of sp³-hybridized carbons (Fsp3) is 1.00. The Balaban J connectivity index is 2.46. The van der Waals surface area contributed by atoms with E-state index in [-0.39, 0.29) is 0 Å². The lowest BCUT2D eigenvalue weighted by Gasteiger charge is -2.36. The fourth-order valence-corrected chi connectivity index (χ4v) is 2.79. The summed E-state index contributed by atoms with van der Waals surface area (Å²) in [5.74, 6) is 0.707. The third-order valence-electron chi connectivity index (χ3n) is 3.61. The molecule has 0 aromatic heterocycles. The minimum absolute atomic E-state index is 0.345. The van der Waals surface area contributed by atoms with Crippen molar-refractivity contribution in [3.63, 3.8) is 0 Å². The third kappa shape index (κ3) is 5.12. The van der Waals surface area contributed by atoms with E-state index in [0.29, 0.717) is 18.0 Å². The molecule has 0 aromatic rings. The van der Waals surface area contributed by atoms with E-state index < -0.39 is 0 Å². The Labute approximate surface area is 111 Å². The maximum absolute atomic E-state index is 5.91. The molecule has 1 atom stereocenters. The van der Waals surface area contributed by atoms with Crippen molar-refractivity contribution in [1.82, 2.24) is 9.80 Å². The van der Waals surface area contributed by atoms with E-state index in [1.165, 1.54) is 12.8 Å². The summed E-state index contributed by atoms with van der Waals surface area (Å²) in [6.45, 7) is 9.45. The van der Waals surface area contributed by atoms with Gasteiger partial charge in [0.25, 0.3) is 0 Å². The fourth-order valence-electron chi connectivity index (χ4n) is 2.58. The molecule has 1 heterocycles. The molecule has 0 spiro atoms. The molecule has 17 heavy (non-hydrogen) atoms. The van der Waals surface area contributed by atoms with Crippen molar-refractivity contribution in [2.75, 3.05) is 45.7 Å². The van der Waals surface area contributed by atoms with E-state index in [4.69, 9.17) is 16.3 Å². The van der Waals surface area contributed by atoms with Crippen molar-refractivity contribution >= 4 is 11.6 Å². The molecule has 0 aromatic carbocycles. The Morgan fingerprint density at radius 1 is 1.41 bits per heavy atom. The van der Waals surface area contributed by atoms with E-state index in [9.17, 15) is 0 Å². The molecular formula is C13H27ClN2O. The zero-order chi connectivity index (χ0) is 12.7. The van der Waals surface area contributed by atoms with Crippen molar-refractivity contribution in [3.8, 4) is 0 Å². The Hall–Kier alpha value is 0.170. The van der Waals surface area contributed by atoms with Gasteiger partial charge in [0.05, 0.1) is 12.7 Å². The first-order valence-corrected chi connectivity index (χ1v) is 7.34. The van der Waals surface area contributed by atoms with E-state index in [1.807, 2.05) is 0 Å². The molecule has 1 fully saturated rings. The van der Waals surface area contributed by atoms with Crippen molar-refractivity contribution in [1.29, 1.82) is 0 Å². The third-order valence-corrected chi connectivity index (χ3v) is 3.78. The van der Waals surface area contributed by atoms with Gasteiger partial charge in [0, 0.05) is 38.1 Å². The molecule has 1 rings (SSSR count). The van der Waals surface area contributed by atoms with Gasteiger partial charge in [-0.1, -0.05) is 13.8 Å². The van der Waals surface area contributed by atoms with Crippen LogP contribution in [0.1, 0.15) is 26.7 Å². The minimum Gasteiger partial charge on any atom is -0.374 e. The van der Waals surface area contributed by atoms with Crippen LogP contribution in [0.4, 0.5) is 0 Å². The molecule has 0 amide bonds. The largest absolute Gasteiger partial charge is 0.374 e. The van der Waals surface area contributed by atoms with Crippen LogP contribution >= 0.6 is 11.6 Å². The summed E-state index contributed by atoms with van der Waals surface area (Å²) in [7, 11) is 2.17. The second-order valence-electron chi connectivity index (χ2n) is 4.91. The van der Waals surface area contributed by atoms with Crippen LogP contribution in [0.2, 0.25) is 0 Å². The normalized spacial score (nSPS) is 22.6. The van der Waals surface area contributed by atoms with E-state index in [1.54, 1.807) is 0 Å². The predicted octanol–water partition coefficient (Wildman–Crippen LogP) is 2.05. The standard InChI is InChI=1S/C13H27ClN2O/c1-4-12(5-2)16(7-6-14)11-13-10-15(3)8-9-17-13/h12-13H,4-11H2,1-3H3. The molecule has 0 aliphatic carbocycles. The highest BCUT2D eigenvalue weighted by atomic mass is 35.5. The molecule has 4 heteroatoms. The predicted molar refractivity (Wildman–Crippen MR) is 73.9 cm³/mol. The topological polar surface area (TPSA) is 15.7 Å². The lowest BCUT2D eigenvalue weighted by atomic mass is 10.1. The van der Waals surface area contributed by atoms with Crippen LogP contribution < -0.4 is 0 Å². The van der Waals surface area contributed by atoms with Crippen molar-refractivity contribution < 1.29 is 4.74 Å². The minimum atomic E-state index is 0.345. The van der Waals surface area contributed by atoms with E-state index in [0.717, 1.165) is 32.8 Å². The number of alkyl halides is 1. The molecule has 102 valence electrons. The maximum atomic E-state index is 5.91. The number of halogens is 1. The average Bonchev–Trinajstić information content (AvgIpc) is 2.31.